The van der Waals surface area contributed by atoms with Crippen molar-refractivity contribution in [3.05, 3.63) is 102 Å². The summed E-state index contributed by atoms with van der Waals surface area (Å²) >= 11 is 0. The van der Waals surface area contributed by atoms with Crippen LogP contribution >= 0.6 is 0 Å². The summed E-state index contributed by atoms with van der Waals surface area (Å²) in [6.45, 7) is 3.56. The Labute approximate surface area is 184 Å². The highest BCUT2D eigenvalue weighted by molar-refractivity contribution is 6.13. The van der Waals surface area contributed by atoms with Gasteiger partial charge in [0.25, 0.3) is 0 Å². The maximum absolute atomic E-state index is 8.13. The molecule has 4 rings (SSSR count). The second kappa shape index (κ2) is 8.93. The summed E-state index contributed by atoms with van der Waals surface area (Å²) < 4.78 is 0. The molecule has 1 aliphatic rings. The minimum Gasteiger partial charge on any atom is -0.306 e. The van der Waals surface area contributed by atoms with Crippen molar-refractivity contribution < 1.29 is 0 Å². The lowest BCUT2D eigenvalue weighted by Gasteiger charge is -2.20. The molecule has 2 nitrogen and oxygen atoms in total. The highest BCUT2D eigenvalue weighted by Crippen LogP contribution is 2.42. The third-order valence-corrected chi connectivity index (χ3v) is 5.37. The molecule has 2 heteroatoms. The van der Waals surface area contributed by atoms with Gasteiger partial charge in [0, 0.05) is 11.4 Å². The van der Waals surface area contributed by atoms with Gasteiger partial charge < -0.3 is 10.8 Å². The first-order valence-electron chi connectivity index (χ1n) is 10.5. The molecular formula is C29H26N2. The van der Waals surface area contributed by atoms with Gasteiger partial charge in [0.1, 0.15) is 0 Å². The van der Waals surface area contributed by atoms with Crippen molar-refractivity contribution >= 4 is 39.9 Å². The Morgan fingerprint density at radius 2 is 1.39 bits per heavy atom. The Morgan fingerprint density at radius 1 is 0.742 bits per heavy atom. The van der Waals surface area contributed by atoms with Crippen LogP contribution in [0.1, 0.15) is 37.0 Å². The van der Waals surface area contributed by atoms with E-state index >= 15 is 0 Å². The van der Waals surface area contributed by atoms with Gasteiger partial charge >= 0.3 is 0 Å². The SMILES string of the molecule is CC(=N)/C=C\C(=C/C(C)=N)c1c2c(c(-c3ccccc3)c3ccccc13)C=CCC=C2. The van der Waals surface area contributed by atoms with Gasteiger partial charge in [0.2, 0.25) is 0 Å². The summed E-state index contributed by atoms with van der Waals surface area (Å²) in [6.07, 6.45) is 15.4. The number of rotatable bonds is 5. The Bertz CT molecular complexity index is 1290. The van der Waals surface area contributed by atoms with Crippen LogP contribution in [0.15, 0.2) is 85.0 Å². The van der Waals surface area contributed by atoms with E-state index in [1.165, 1.54) is 22.1 Å². The molecule has 31 heavy (non-hydrogen) atoms. The van der Waals surface area contributed by atoms with Crippen LogP contribution in [-0.2, 0) is 0 Å². The molecule has 0 spiro atoms. The maximum Gasteiger partial charge on any atom is 0.0289 e. The molecule has 0 unspecified atom stereocenters. The molecule has 0 saturated heterocycles. The van der Waals surface area contributed by atoms with E-state index in [-0.39, 0.29) is 0 Å². The third-order valence-electron chi connectivity index (χ3n) is 5.37. The molecule has 3 aromatic rings. The van der Waals surface area contributed by atoms with Gasteiger partial charge in [0.05, 0.1) is 0 Å². The molecule has 152 valence electrons. The van der Waals surface area contributed by atoms with Gasteiger partial charge in [-0.05, 0) is 76.6 Å². The Hall–Kier alpha value is -3.78. The summed E-state index contributed by atoms with van der Waals surface area (Å²) in [5, 5.41) is 18.3. The molecule has 0 heterocycles. The molecule has 0 bridgehead atoms. The zero-order valence-electron chi connectivity index (χ0n) is 17.9. The number of nitrogens with one attached hydrogen (secondary N) is 2. The van der Waals surface area contributed by atoms with Crippen LogP contribution in [0.25, 0.3) is 39.6 Å². The first kappa shape index (κ1) is 20.5. The fourth-order valence-electron chi connectivity index (χ4n) is 4.15. The molecule has 0 aromatic heterocycles. The van der Waals surface area contributed by atoms with Crippen LogP contribution in [0.4, 0.5) is 0 Å². The molecule has 0 saturated carbocycles. The monoisotopic (exact) mass is 402 g/mol. The first-order valence-corrected chi connectivity index (χ1v) is 10.5. The zero-order valence-corrected chi connectivity index (χ0v) is 17.9. The smallest absolute Gasteiger partial charge is 0.0289 e. The van der Waals surface area contributed by atoms with Crippen LogP contribution < -0.4 is 0 Å². The van der Waals surface area contributed by atoms with E-state index in [2.05, 4.69) is 72.8 Å². The quantitative estimate of drug-likeness (QED) is 0.321. The number of hydrogen-bond acceptors (Lipinski definition) is 2. The normalized spacial score (nSPS) is 13.4. The molecule has 0 atom stereocenters. The lowest BCUT2D eigenvalue weighted by Crippen LogP contribution is -1.99. The van der Waals surface area contributed by atoms with Crippen molar-refractivity contribution in [1.29, 1.82) is 10.8 Å². The van der Waals surface area contributed by atoms with Gasteiger partial charge in [-0.15, -0.1) is 0 Å². The molecule has 2 N–H and O–H groups in total. The second-order valence-corrected chi connectivity index (χ2v) is 7.83. The minimum absolute atomic E-state index is 0.486. The van der Waals surface area contributed by atoms with E-state index in [9.17, 15) is 0 Å². The van der Waals surface area contributed by atoms with Gasteiger partial charge in [-0.25, -0.2) is 0 Å². The largest absolute Gasteiger partial charge is 0.306 e. The minimum atomic E-state index is 0.486. The Kier molecular flexibility index (Phi) is 5.90. The number of allylic oxidation sites excluding steroid dienone is 6. The predicted molar refractivity (Wildman–Crippen MR) is 136 cm³/mol. The van der Waals surface area contributed by atoms with Gasteiger partial charge in [-0.1, -0.05) is 85.0 Å². The molecular weight excluding hydrogens is 376 g/mol. The maximum atomic E-state index is 8.13. The number of hydrogen-bond donors (Lipinski definition) is 2. The third kappa shape index (κ3) is 4.24. The van der Waals surface area contributed by atoms with E-state index in [0.717, 1.165) is 28.5 Å². The lowest BCUT2D eigenvalue weighted by atomic mass is 9.83. The molecule has 0 radical (unpaired) electrons. The fraction of sp³-hybridized carbons (Fsp3) is 0.103. The zero-order chi connectivity index (χ0) is 21.8. The molecule has 0 aliphatic heterocycles. The lowest BCUT2D eigenvalue weighted by molar-refractivity contribution is 1.44. The van der Waals surface area contributed by atoms with Gasteiger partial charge in [0.15, 0.2) is 0 Å². The van der Waals surface area contributed by atoms with E-state index in [0.29, 0.717) is 11.4 Å². The standard InChI is InChI=1S/C29H26N2/c1-20(30)17-18-23(19-21(2)31)29-26-14-8-4-7-13-24(26)28(22-11-5-3-6-12-22)25-15-9-10-16-27(25)29/h3,5-19,30-31H,4H2,1-2H3/b18-17-,23-19+,30-20?,31-21?. The van der Waals surface area contributed by atoms with Crippen molar-refractivity contribution in [2.75, 3.05) is 0 Å². The molecule has 1 aliphatic carbocycles. The summed E-state index contributed by atoms with van der Waals surface area (Å²) in [7, 11) is 0. The van der Waals surface area contributed by atoms with Crippen LogP contribution in [0, 0.1) is 10.8 Å². The van der Waals surface area contributed by atoms with E-state index in [1.54, 1.807) is 19.9 Å². The van der Waals surface area contributed by atoms with Crippen molar-refractivity contribution in [3.63, 3.8) is 0 Å². The summed E-state index contributed by atoms with van der Waals surface area (Å²) in [5.74, 6) is 0. The number of fused-ring (bicyclic) bond motifs is 2. The number of benzene rings is 3. The predicted octanol–water partition coefficient (Wildman–Crippen LogP) is 7.96. The van der Waals surface area contributed by atoms with Gasteiger partial charge in [-0.2, -0.15) is 0 Å². The van der Waals surface area contributed by atoms with E-state index in [1.807, 2.05) is 18.2 Å². The highest BCUT2D eigenvalue weighted by atomic mass is 14.4. The molecule has 0 fully saturated rings. The van der Waals surface area contributed by atoms with Crippen LogP contribution in [0.2, 0.25) is 0 Å². The van der Waals surface area contributed by atoms with E-state index in [4.69, 9.17) is 10.8 Å². The Morgan fingerprint density at radius 3 is 2.06 bits per heavy atom. The highest BCUT2D eigenvalue weighted by Gasteiger charge is 2.20. The van der Waals surface area contributed by atoms with Crippen LogP contribution in [0.3, 0.4) is 0 Å². The van der Waals surface area contributed by atoms with Crippen molar-refractivity contribution in [2.45, 2.75) is 20.3 Å². The van der Waals surface area contributed by atoms with Crippen molar-refractivity contribution in [1.82, 2.24) is 0 Å². The van der Waals surface area contributed by atoms with Crippen LogP contribution in [-0.4, -0.2) is 11.4 Å². The molecule has 3 aromatic carbocycles. The van der Waals surface area contributed by atoms with Crippen molar-refractivity contribution in [2.24, 2.45) is 0 Å². The van der Waals surface area contributed by atoms with Gasteiger partial charge in [-0.3, -0.25) is 0 Å². The molecule has 0 amide bonds. The van der Waals surface area contributed by atoms with Crippen LogP contribution in [0.5, 0.6) is 0 Å². The average Bonchev–Trinajstić information content (AvgIpc) is 3.01. The Balaban J connectivity index is 2.18. The summed E-state index contributed by atoms with van der Waals surface area (Å²) in [5.41, 5.74) is 7.81. The average molecular weight is 403 g/mol. The fourth-order valence-corrected chi connectivity index (χ4v) is 4.15. The topological polar surface area (TPSA) is 47.7 Å². The second-order valence-electron chi connectivity index (χ2n) is 7.83. The summed E-state index contributed by atoms with van der Waals surface area (Å²) in [6, 6.07) is 19.1. The van der Waals surface area contributed by atoms with E-state index < -0.39 is 0 Å². The van der Waals surface area contributed by atoms with Crippen molar-refractivity contribution in [3.8, 4) is 11.1 Å². The first-order chi connectivity index (χ1) is 15.1. The summed E-state index contributed by atoms with van der Waals surface area (Å²) in [4.78, 5) is 0.